The molecule has 2 aromatic carbocycles. The first-order valence-electron chi connectivity index (χ1n) is 10.9. The zero-order valence-corrected chi connectivity index (χ0v) is 18.9. The summed E-state index contributed by atoms with van der Waals surface area (Å²) in [7, 11) is 0. The highest BCUT2D eigenvalue weighted by atomic mass is 35.5. The van der Waals surface area contributed by atoms with E-state index in [0.717, 1.165) is 29.7 Å². The number of likely N-dealkylation sites (tertiary alicyclic amines) is 1. The van der Waals surface area contributed by atoms with Gasteiger partial charge in [0.1, 0.15) is 0 Å². The Bertz CT molecular complexity index is 1180. The van der Waals surface area contributed by atoms with Crippen molar-refractivity contribution in [2.75, 3.05) is 13.1 Å². The Kier molecular flexibility index (Phi) is 7.15. The lowest BCUT2D eigenvalue weighted by molar-refractivity contribution is -0.128. The summed E-state index contributed by atoms with van der Waals surface area (Å²) in [5, 5.41) is 11.5. The van der Waals surface area contributed by atoms with Crippen molar-refractivity contribution in [1.29, 1.82) is 5.41 Å². The molecule has 7 heteroatoms. The smallest absolute Gasteiger partial charge is 0.253 e. The highest BCUT2D eigenvalue weighted by molar-refractivity contribution is 6.31. The topological polar surface area (TPSA) is 86.2 Å². The minimum Gasteiger partial charge on any atom is -0.346 e. The van der Waals surface area contributed by atoms with Gasteiger partial charge in [-0.2, -0.15) is 0 Å². The van der Waals surface area contributed by atoms with Gasteiger partial charge in [-0.15, -0.1) is 0 Å². The van der Waals surface area contributed by atoms with Gasteiger partial charge in [0.05, 0.1) is 17.8 Å². The molecule has 3 aromatic rings. The van der Waals surface area contributed by atoms with Crippen molar-refractivity contribution in [3.63, 3.8) is 0 Å². The summed E-state index contributed by atoms with van der Waals surface area (Å²) < 4.78 is 0. The van der Waals surface area contributed by atoms with Gasteiger partial charge in [-0.1, -0.05) is 48.0 Å². The molecule has 0 bridgehead atoms. The summed E-state index contributed by atoms with van der Waals surface area (Å²) in [6, 6.07) is 17.0. The Morgan fingerprint density at radius 2 is 1.82 bits per heavy atom. The average Bonchev–Trinajstić information content (AvgIpc) is 3.23. The Labute approximate surface area is 198 Å². The van der Waals surface area contributed by atoms with Crippen molar-refractivity contribution in [3.8, 4) is 0 Å². The minimum absolute atomic E-state index is 0.102. The number of aromatic nitrogens is 1. The fourth-order valence-electron chi connectivity index (χ4n) is 3.85. The molecule has 168 valence electrons. The Balaban J connectivity index is 1.34. The number of carbonyl (C=O) groups excluding carboxylic acids is 2. The fourth-order valence-corrected chi connectivity index (χ4v) is 4.04. The first-order valence-corrected chi connectivity index (χ1v) is 11.3. The van der Waals surface area contributed by atoms with Crippen LogP contribution in [0.15, 0.2) is 67.0 Å². The van der Waals surface area contributed by atoms with Gasteiger partial charge >= 0.3 is 0 Å². The second kappa shape index (κ2) is 10.4. The molecule has 0 spiro atoms. The molecule has 0 unspecified atom stereocenters. The van der Waals surface area contributed by atoms with Crippen molar-refractivity contribution in [1.82, 2.24) is 15.2 Å². The maximum absolute atomic E-state index is 12.6. The van der Waals surface area contributed by atoms with E-state index in [1.165, 1.54) is 6.20 Å². The third-order valence-electron chi connectivity index (χ3n) is 5.63. The summed E-state index contributed by atoms with van der Waals surface area (Å²) in [6.07, 6.45) is 5.52. The molecular formula is C26H25ClN4O2. The molecule has 33 heavy (non-hydrogen) atoms. The zero-order chi connectivity index (χ0) is 23.2. The molecule has 2 N–H and O–H groups in total. The third kappa shape index (κ3) is 6.05. The van der Waals surface area contributed by atoms with Crippen LogP contribution in [0.1, 0.15) is 45.5 Å². The highest BCUT2D eigenvalue weighted by Gasteiger charge is 2.19. The molecular weight excluding hydrogens is 436 g/mol. The Morgan fingerprint density at radius 1 is 1.03 bits per heavy atom. The zero-order valence-electron chi connectivity index (χ0n) is 18.2. The quantitative estimate of drug-likeness (QED) is 0.493. The molecule has 0 radical (unpaired) electrons. The molecule has 6 nitrogen and oxygen atoms in total. The number of halogens is 1. The van der Waals surface area contributed by atoms with Crippen molar-refractivity contribution < 1.29 is 9.59 Å². The van der Waals surface area contributed by atoms with Crippen LogP contribution in [-0.2, 0) is 17.8 Å². The van der Waals surface area contributed by atoms with Gasteiger partial charge in [0.2, 0.25) is 5.91 Å². The van der Waals surface area contributed by atoms with Crippen LogP contribution in [0.5, 0.6) is 0 Å². The van der Waals surface area contributed by atoms with Crippen LogP contribution in [0.2, 0.25) is 5.02 Å². The molecule has 1 aliphatic rings. The number of hydrogen-bond acceptors (Lipinski definition) is 4. The predicted octanol–water partition coefficient (Wildman–Crippen LogP) is 4.25. The molecule has 0 saturated carbocycles. The summed E-state index contributed by atoms with van der Waals surface area (Å²) >= 11 is 5.98. The van der Waals surface area contributed by atoms with Gasteiger partial charge < -0.3 is 15.6 Å². The standard InChI is InChI=1S/C26H25ClN4O2/c27-23-4-1-3-21(13-23)24(28)16-30-26(33)22-12-20(14-29-15-22)11-18-6-8-19(9-7-18)17-31-10-2-5-25(31)32/h1,3-4,6-9,12-15,28H,2,5,10-11,16-17H2,(H,30,33). The molecule has 4 rings (SSSR count). The SMILES string of the molecule is N=C(CNC(=O)c1cncc(Cc2ccc(CN3CCCC3=O)cc2)c1)c1cccc(Cl)c1. The number of carbonyl (C=O) groups is 2. The summed E-state index contributed by atoms with van der Waals surface area (Å²) in [6.45, 7) is 1.59. The molecule has 2 heterocycles. The molecule has 1 fully saturated rings. The van der Waals surface area contributed by atoms with Crippen LogP contribution in [0.4, 0.5) is 0 Å². The van der Waals surface area contributed by atoms with E-state index in [1.54, 1.807) is 30.5 Å². The number of nitrogens with one attached hydrogen (secondary N) is 2. The van der Waals surface area contributed by atoms with Gasteiger partial charge in [0, 0.05) is 36.9 Å². The van der Waals surface area contributed by atoms with Crippen LogP contribution in [0.3, 0.4) is 0 Å². The maximum atomic E-state index is 12.6. The Morgan fingerprint density at radius 3 is 2.55 bits per heavy atom. The van der Waals surface area contributed by atoms with E-state index < -0.39 is 0 Å². The summed E-state index contributed by atoms with van der Waals surface area (Å²) in [4.78, 5) is 30.5. The van der Waals surface area contributed by atoms with Crippen molar-refractivity contribution in [2.24, 2.45) is 0 Å². The predicted molar refractivity (Wildman–Crippen MR) is 129 cm³/mol. The van der Waals surface area contributed by atoms with Crippen LogP contribution >= 0.6 is 11.6 Å². The number of pyridine rings is 1. The van der Waals surface area contributed by atoms with Crippen molar-refractivity contribution in [3.05, 3.63) is 99.8 Å². The number of nitrogens with zero attached hydrogens (tertiary/aromatic N) is 2. The molecule has 0 atom stereocenters. The van der Waals surface area contributed by atoms with Gasteiger partial charge in [0.25, 0.3) is 5.91 Å². The second-order valence-electron chi connectivity index (χ2n) is 8.17. The molecule has 1 aromatic heterocycles. The fraction of sp³-hybridized carbons (Fsp3) is 0.231. The van der Waals surface area contributed by atoms with Gasteiger partial charge in [0.15, 0.2) is 0 Å². The molecule has 1 saturated heterocycles. The lowest BCUT2D eigenvalue weighted by atomic mass is 10.0. The van der Waals surface area contributed by atoms with Crippen LogP contribution in [0, 0.1) is 5.41 Å². The number of benzene rings is 2. The monoisotopic (exact) mass is 460 g/mol. The third-order valence-corrected chi connectivity index (χ3v) is 5.87. The van der Waals surface area contributed by atoms with E-state index in [9.17, 15) is 9.59 Å². The summed E-state index contributed by atoms with van der Waals surface area (Å²) in [5.41, 5.74) is 4.56. The van der Waals surface area contributed by atoms with Crippen LogP contribution in [0.25, 0.3) is 0 Å². The Hall–Kier alpha value is -3.51. The van der Waals surface area contributed by atoms with Gasteiger partial charge in [-0.25, -0.2) is 0 Å². The number of amides is 2. The van der Waals surface area contributed by atoms with E-state index >= 15 is 0 Å². The largest absolute Gasteiger partial charge is 0.346 e. The van der Waals surface area contributed by atoms with E-state index in [4.69, 9.17) is 17.0 Å². The van der Waals surface area contributed by atoms with Crippen molar-refractivity contribution >= 4 is 29.1 Å². The number of rotatable bonds is 8. The van der Waals surface area contributed by atoms with E-state index in [2.05, 4.69) is 22.4 Å². The first-order chi connectivity index (χ1) is 16.0. The van der Waals surface area contributed by atoms with Gasteiger partial charge in [-0.05, 0) is 53.3 Å². The van der Waals surface area contributed by atoms with E-state index in [0.29, 0.717) is 35.5 Å². The lowest BCUT2D eigenvalue weighted by Crippen LogP contribution is -2.29. The normalized spacial score (nSPS) is 13.2. The number of hydrogen-bond donors (Lipinski definition) is 2. The lowest BCUT2D eigenvalue weighted by Gasteiger charge is -2.15. The average molecular weight is 461 g/mol. The van der Waals surface area contributed by atoms with Crippen molar-refractivity contribution in [2.45, 2.75) is 25.8 Å². The summed E-state index contributed by atoms with van der Waals surface area (Å²) in [5.74, 6) is -0.0512. The van der Waals surface area contributed by atoms with Crippen LogP contribution in [-0.4, -0.2) is 40.5 Å². The van der Waals surface area contributed by atoms with E-state index in [-0.39, 0.29) is 24.1 Å². The minimum atomic E-state index is -0.276. The van der Waals surface area contributed by atoms with Crippen LogP contribution < -0.4 is 5.32 Å². The molecule has 1 aliphatic heterocycles. The second-order valence-corrected chi connectivity index (χ2v) is 8.60. The van der Waals surface area contributed by atoms with E-state index in [1.807, 2.05) is 23.1 Å². The first kappa shape index (κ1) is 22.7. The molecule has 0 aliphatic carbocycles. The molecule has 2 amide bonds. The highest BCUT2D eigenvalue weighted by Crippen LogP contribution is 2.16. The van der Waals surface area contributed by atoms with Gasteiger partial charge in [-0.3, -0.25) is 14.6 Å². The maximum Gasteiger partial charge on any atom is 0.253 e.